The van der Waals surface area contributed by atoms with Crippen molar-refractivity contribution in [2.75, 3.05) is 0 Å². The highest BCUT2D eigenvalue weighted by Gasteiger charge is 2.05. The Kier molecular flexibility index (Phi) is 4.47. The fourth-order valence-electron chi connectivity index (χ4n) is 1.73. The molecule has 0 aliphatic rings. The van der Waals surface area contributed by atoms with E-state index in [0.717, 1.165) is 5.56 Å². The van der Waals surface area contributed by atoms with Crippen molar-refractivity contribution in [2.24, 2.45) is 5.84 Å². The van der Waals surface area contributed by atoms with Gasteiger partial charge >= 0.3 is 0 Å². The first kappa shape index (κ1) is 13.8. The number of amides is 2. The van der Waals surface area contributed by atoms with Crippen molar-refractivity contribution in [1.82, 2.24) is 10.7 Å². The predicted molar refractivity (Wildman–Crippen MR) is 75.7 cm³/mol. The van der Waals surface area contributed by atoms with Gasteiger partial charge in [-0.25, -0.2) is 5.84 Å². The standard InChI is InChI=1S/C15H15N3O2/c16-18-15(20)13-8-6-11(7-9-13)10-17-14(19)12-4-2-1-3-5-12/h1-9H,10,16H2,(H,17,19)(H,18,20). The number of rotatable bonds is 4. The Labute approximate surface area is 116 Å². The average molecular weight is 269 g/mol. The summed E-state index contributed by atoms with van der Waals surface area (Å²) < 4.78 is 0. The van der Waals surface area contributed by atoms with Gasteiger partial charge < -0.3 is 5.32 Å². The smallest absolute Gasteiger partial charge is 0.265 e. The lowest BCUT2D eigenvalue weighted by molar-refractivity contribution is 0.0943. The number of hydrogen-bond donors (Lipinski definition) is 3. The summed E-state index contributed by atoms with van der Waals surface area (Å²) in [4.78, 5) is 23.1. The number of carbonyl (C=O) groups excluding carboxylic acids is 2. The molecule has 0 radical (unpaired) electrons. The van der Waals surface area contributed by atoms with E-state index in [9.17, 15) is 9.59 Å². The molecule has 5 nitrogen and oxygen atoms in total. The van der Waals surface area contributed by atoms with Crippen molar-refractivity contribution in [3.63, 3.8) is 0 Å². The number of carbonyl (C=O) groups is 2. The van der Waals surface area contributed by atoms with Gasteiger partial charge in [-0.3, -0.25) is 15.0 Å². The number of benzene rings is 2. The second-order valence-electron chi connectivity index (χ2n) is 4.22. The lowest BCUT2D eigenvalue weighted by atomic mass is 10.1. The molecule has 0 aromatic heterocycles. The molecule has 5 heteroatoms. The van der Waals surface area contributed by atoms with E-state index >= 15 is 0 Å². The molecule has 20 heavy (non-hydrogen) atoms. The summed E-state index contributed by atoms with van der Waals surface area (Å²) in [5.74, 6) is 4.58. The van der Waals surface area contributed by atoms with Crippen LogP contribution in [0.25, 0.3) is 0 Å². The van der Waals surface area contributed by atoms with Crippen LogP contribution < -0.4 is 16.6 Å². The van der Waals surface area contributed by atoms with Gasteiger partial charge in [0.15, 0.2) is 0 Å². The Morgan fingerprint density at radius 1 is 0.850 bits per heavy atom. The van der Waals surface area contributed by atoms with Gasteiger partial charge in [-0.05, 0) is 29.8 Å². The highest BCUT2D eigenvalue weighted by atomic mass is 16.2. The van der Waals surface area contributed by atoms with E-state index in [0.29, 0.717) is 17.7 Å². The number of nitrogens with one attached hydrogen (secondary N) is 2. The molecular formula is C15H15N3O2. The lowest BCUT2D eigenvalue weighted by Gasteiger charge is -2.06. The van der Waals surface area contributed by atoms with Gasteiger partial charge in [0.1, 0.15) is 0 Å². The number of hydrogen-bond acceptors (Lipinski definition) is 3. The quantitative estimate of drug-likeness (QED) is 0.443. The Morgan fingerprint density at radius 3 is 2.05 bits per heavy atom. The van der Waals surface area contributed by atoms with Gasteiger partial charge in [0, 0.05) is 17.7 Å². The van der Waals surface area contributed by atoms with Crippen molar-refractivity contribution in [3.05, 3.63) is 71.3 Å². The molecule has 0 saturated heterocycles. The zero-order valence-corrected chi connectivity index (χ0v) is 10.8. The SMILES string of the molecule is NNC(=O)c1ccc(CNC(=O)c2ccccc2)cc1. The first-order valence-corrected chi connectivity index (χ1v) is 6.14. The van der Waals surface area contributed by atoms with Crippen LogP contribution in [0.4, 0.5) is 0 Å². The zero-order valence-electron chi connectivity index (χ0n) is 10.8. The minimum absolute atomic E-state index is 0.130. The second kappa shape index (κ2) is 6.49. The van der Waals surface area contributed by atoms with E-state index in [2.05, 4.69) is 10.7 Å². The summed E-state index contributed by atoms with van der Waals surface area (Å²) in [6, 6.07) is 15.9. The maximum atomic E-state index is 11.8. The Hall–Kier alpha value is -2.66. The van der Waals surface area contributed by atoms with Crippen LogP contribution in [-0.4, -0.2) is 11.8 Å². The maximum Gasteiger partial charge on any atom is 0.265 e. The third-order valence-electron chi connectivity index (χ3n) is 2.84. The third-order valence-corrected chi connectivity index (χ3v) is 2.84. The van der Waals surface area contributed by atoms with Crippen molar-refractivity contribution >= 4 is 11.8 Å². The first-order valence-electron chi connectivity index (χ1n) is 6.14. The van der Waals surface area contributed by atoms with Crippen LogP contribution in [0.3, 0.4) is 0 Å². The highest BCUT2D eigenvalue weighted by Crippen LogP contribution is 2.05. The average Bonchev–Trinajstić information content (AvgIpc) is 2.53. The fraction of sp³-hybridized carbons (Fsp3) is 0.0667. The lowest BCUT2D eigenvalue weighted by Crippen LogP contribution is -2.30. The van der Waals surface area contributed by atoms with Crippen LogP contribution in [0, 0.1) is 0 Å². The second-order valence-corrected chi connectivity index (χ2v) is 4.22. The van der Waals surface area contributed by atoms with Crippen LogP contribution in [0.1, 0.15) is 26.3 Å². The van der Waals surface area contributed by atoms with E-state index in [4.69, 9.17) is 5.84 Å². The summed E-state index contributed by atoms with van der Waals surface area (Å²) in [5, 5.41) is 2.81. The number of hydrazine groups is 1. The summed E-state index contributed by atoms with van der Waals surface area (Å²) >= 11 is 0. The van der Waals surface area contributed by atoms with Crippen LogP contribution in [-0.2, 0) is 6.54 Å². The number of nitrogens with two attached hydrogens (primary N) is 1. The van der Waals surface area contributed by atoms with Gasteiger partial charge in [-0.15, -0.1) is 0 Å². The van der Waals surface area contributed by atoms with E-state index in [1.807, 2.05) is 18.2 Å². The molecule has 0 atom stereocenters. The van der Waals surface area contributed by atoms with E-state index < -0.39 is 0 Å². The van der Waals surface area contributed by atoms with E-state index in [1.165, 1.54) is 0 Å². The minimum atomic E-state index is -0.343. The molecule has 0 saturated carbocycles. The summed E-state index contributed by atoms with van der Waals surface area (Å²) in [7, 11) is 0. The van der Waals surface area contributed by atoms with Crippen molar-refractivity contribution in [2.45, 2.75) is 6.54 Å². The molecule has 0 heterocycles. The van der Waals surface area contributed by atoms with Crippen molar-refractivity contribution in [1.29, 1.82) is 0 Å². The molecule has 0 unspecified atom stereocenters. The van der Waals surface area contributed by atoms with Gasteiger partial charge in [-0.1, -0.05) is 30.3 Å². The Morgan fingerprint density at radius 2 is 1.45 bits per heavy atom. The largest absolute Gasteiger partial charge is 0.348 e. The molecule has 0 fully saturated rings. The van der Waals surface area contributed by atoms with Crippen LogP contribution >= 0.6 is 0 Å². The first-order chi connectivity index (χ1) is 9.70. The predicted octanol–water partition coefficient (Wildman–Crippen LogP) is 1.22. The van der Waals surface area contributed by atoms with Crippen LogP contribution in [0.5, 0.6) is 0 Å². The fourth-order valence-corrected chi connectivity index (χ4v) is 1.73. The van der Waals surface area contributed by atoms with Crippen molar-refractivity contribution < 1.29 is 9.59 Å². The number of nitrogen functional groups attached to an aromatic ring is 1. The molecule has 0 aliphatic heterocycles. The van der Waals surface area contributed by atoms with Gasteiger partial charge in [-0.2, -0.15) is 0 Å². The maximum absolute atomic E-state index is 11.8. The molecule has 0 bridgehead atoms. The van der Waals surface area contributed by atoms with E-state index in [1.54, 1.807) is 36.4 Å². The third kappa shape index (κ3) is 3.43. The van der Waals surface area contributed by atoms with Crippen molar-refractivity contribution in [3.8, 4) is 0 Å². The zero-order chi connectivity index (χ0) is 14.4. The summed E-state index contributed by atoms with van der Waals surface area (Å²) in [5.41, 5.74) is 4.06. The molecule has 0 aliphatic carbocycles. The summed E-state index contributed by atoms with van der Waals surface area (Å²) in [6.07, 6.45) is 0. The Balaban J connectivity index is 1.94. The van der Waals surface area contributed by atoms with E-state index in [-0.39, 0.29) is 11.8 Å². The van der Waals surface area contributed by atoms with Crippen LogP contribution in [0.15, 0.2) is 54.6 Å². The van der Waals surface area contributed by atoms with Gasteiger partial charge in [0.25, 0.3) is 11.8 Å². The molecule has 2 amide bonds. The monoisotopic (exact) mass is 269 g/mol. The molecule has 2 aromatic rings. The molecule has 2 aromatic carbocycles. The summed E-state index contributed by atoms with van der Waals surface area (Å²) in [6.45, 7) is 0.401. The minimum Gasteiger partial charge on any atom is -0.348 e. The van der Waals surface area contributed by atoms with Gasteiger partial charge in [0.2, 0.25) is 0 Å². The molecule has 0 spiro atoms. The molecule has 102 valence electrons. The molecule has 4 N–H and O–H groups in total. The highest BCUT2D eigenvalue weighted by molar-refractivity contribution is 5.94. The normalized spacial score (nSPS) is 9.85. The Bertz CT molecular complexity index is 594. The van der Waals surface area contributed by atoms with Crippen LogP contribution in [0.2, 0.25) is 0 Å². The molecular weight excluding hydrogens is 254 g/mol. The molecule has 2 rings (SSSR count). The van der Waals surface area contributed by atoms with Gasteiger partial charge in [0.05, 0.1) is 0 Å². The topological polar surface area (TPSA) is 84.2 Å².